The van der Waals surface area contributed by atoms with Gasteiger partial charge in [-0.2, -0.15) is 0 Å². The van der Waals surface area contributed by atoms with Crippen LogP contribution in [0, 0.1) is 25.8 Å². The van der Waals surface area contributed by atoms with Gasteiger partial charge in [-0.15, -0.1) is 29.3 Å². The summed E-state index contributed by atoms with van der Waals surface area (Å²) in [5, 5.41) is 11.7. The number of hydrogen-bond donors (Lipinski definition) is 1. The minimum Gasteiger partial charge on any atom is -0.507 e. The number of phenolic OH excluding ortho intramolecular Hbond substituents is 1. The predicted molar refractivity (Wildman–Crippen MR) is 247 cm³/mol. The maximum atomic E-state index is 11.7. The second-order valence-corrected chi connectivity index (χ2v) is 17.7. The molecule has 6 aromatic carbocycles. The summed E-state index contributed by atoms with van der Waals surface area (Å²) < 4.78 is 10.7. The molecule has 0 atom stereocenters. The number of benzene rings is 6. The van der Waals surface area contributed by atoms with Crippen molar-refractivity contribution in [1.29, 1.82) is 0 Å². The molecule has 0 saturated carbocycles. The first-order chi connectivity index (χ1) is 28.5. The molecule has 0 radical (unpaired) electrons. The fraction of sp³-hybridized carbons (Fsp3) is 0.236. The van der Waals surface area contributed by atoms with E-state index in [0.717, 1.165) is 73.3 Å². The molecule has 0 saturated heterocycles. The summed E-state index contributed by atoms with van der Waals surface area (Å²) in [5.41, 5.74) is 16.7. The van der Waals surface area contributed by atoms with E-state index in [1.807, 2.05) is 57.3 Å². The number of aromatic nitrogens is 3. The summed E-state index contributed by atoms with van der Waals surface area (Å²) in [7, 11) is 0. The molecular formula is C55H54N3OPt-. The van der Waals surface area contributed by atoms with Crippen LogP contribution in [0.1, 0.15) is 83.5 Å². The molecule has 0 bridgehead atoms. The zero-order valence-corrected chi connectivity index (χ0v) is 38.4. The Hall–Kier alpha value is -5.57. The van der Waals surface area contributed by atoms with Crippen molar-refractivity contribution in [2.24, 2.45) is 5.92 Å². The van der Waals surface area contributed by atoms with Crippen LogP contribution in [0.4, 0.5) is 0 Å². The number of imidazole rings is 1. The number of rotatable bonds is 9. The van der Waals surface area contributed by atoms with Crippen LogP contribution >= 0.6 is 0 Å². The zero-order valence-electron chi connectivity index (χ0n) is 37.1. The van der Waals surface area contributed by atoms with E-state index >= 15 is 0 Å². The second-order valence-electron chi connectivity index (χ2n) is 17.7. The number of aromatic hydroxyl groups is 1. The largest absolute Gasteiger partial charge is 0.507 e. The van der Waals surface area contributed by atoms with Crippen molar-refractivity contribution in [2.45, 2.75) is 80.0 Å². The SMILES string of the molecule is [2H]C(C)(C)c1ccc(-c2ccnc(-c3[c-]c(-c4cccc5c4nc(-c4cc(C)cc(C)c4O)n5-c4ccc(-c5ccccc5)c(CC(C)C)c4)cc(C(C)(C)C)c3)c2)cc1.[Pt]. The third-order valence-electron chi connectivity index (χ3n) is 11.3. The molecule has 306 valence electrons. The Morgan fingerprint density at radius 3 is 2.15 bits per heavy atom. The molecule has 5 heteroatoms. The van der Waals surface area contributed by atoms with Gasteiger partial charge in [0.15, 0.2) is 0 Å². The summed E-state index contributed by atoms with van der Waals surface area (Å²) >= 11 is 0. The fourth-order valence-corrected chi connectivity index (χ4v) is 8.16. The molecule has 2 heterocycles. The first-order valence-electron chi connectivity index (χ1n) is 21.2. The first-order valence-corrected chi connectivity index (χ1v) is 20.7. The van der Waals surface area contributed by atoms with Crippen LogP contribution < -0.4 is 0 Å². The average Bonchev–Trinajstić information content (AvgIpc) is 3.61. The molecule has 0 unspecified atom stereocenters. The molecule has 8 aromatic rings. The summed E-state index contributed by atoms with van der Waals surface area (Å²) in [6.45, 7) is 19.1. The number of nitrogens with zero attached hydrogens (tertiary/aromatic N) is 3. The molecule has 0 aliphatic heterocycles. The van der Waals surface area contributed by atoms with Crippen LogP contribution in [0.5, 0.6) is 5.75 Å². The maximum absolute atomic E-state index is 11.7. The Morgan fingerprint density at radius 2 is 1.45 bits per heavy atom. The number of aryl methyl sites for hydroxylation is 2. The topological polar surface area (TPSA) is 50.9 Å². The number of fused-ring (bicyclic) bond motifs is 1. The summed E-state index contributed by atoms with van der Waals surface area (Å²) in [5.74, 6) is 0.706. The van der Waals surface area contributed by atoms with Gasteiger partial charge in [-0.3, -0.25) is 9.55 Å². The van der Waals surface area contributed by atoms with Crippen molar-refractivity contribution >= 4 is 11.0 Å². The Bertz CT molecular complexity index is 2860. The minimum absolute atomic E-state index is 0. The van der Waals surface area contributed by atoms with Gasteiger partial charge in [-0.25, -0.2) is 4.98 Å². The molecule has 0 aliphatic carbocycles. The van der Waals surface area contributed by atoms with Crippen LogP contribution in [0.25, 0.3) is 72.7 Å². The standard InChI is InChI=1S/C55H54N3O.Pt/c1-34(2)26-42-32-46(22-23-47(42)40-14-11-10-12-15-40)58-51-17-13-16-48(52(51)57-54(58)49-28-36(5)27-37(6)53(49)59)43-29-44(31-45(30-43)55(7,8)9)50-33-41(24-25-56-50)39-20-18-38(19-21-39)35(3)4;/h10-25,27-28,30-35,59H,26H2,1-9H3;/q-1;/i35D;. The summed E-state index contributed by atoms with van der Waals surface area (Å²) in [6.07, 6.45) is 2.78. The summed E-state index contributed by atoms with van der Waals surface area (Å²) in [6, 6.07) is 48.5. The van der Waals surface area contributed by atoms with Gasteiger partial charge in [0.25, 0.3) is 0 Å². The Morgan fingerprint density at radius 1 is 0.717 bits per heavy atom. The van der Waals surface area contributed by atoms with Crippen LogP contribution in [-0.2, 0) is 32.9 Å². The Kier molecular flexibility index (Phi) is 11.8. The molecule has 0 aliphatic rings. The quantitative estimate of drug-likeness (QED) is 0.147. The van der Waals surface area contributed by atoms with Gasteiger partial charge in [0.05, 0.1) is 16.6 Å². The zero-order chi connectivity index (χ0) is 42.5. The van der Waals surface area contributed by atoms with Crippen molar-refractivity contribution in [2.75, 3.05) is 0 Å². The normalized spacial score (nSPS) is 12.1. The number of hydrogen-bond acceptors (Lipinski definition) is 3. The van der Waals surface area contributed by atoms with Crippen molar-refractivity contribution < 1.29 is 27.5 Å². The van der Waals surface area contributed by atoms with Crippen molar-refractivity contribution in [3.05, 3.63) is 167 Å². The molecule has 4 nitrogen and oxygen atoms in total. The van der Waals surface area contributed by atoms with Crippen molar-refractivity contribution in [3.8, 4) is 67.5 Å². The fourth-order valence-electron chi connectivity index (χ4n) is 8.16. The molecule has 0 fully saturated rings. The molecule has 60 heavy (non-hydrogen) atoms. The van der Waals surface area contributed by atoms with E-state index in [2.05, 4.69) is 149 Å². The number of phenols is 1. The van der Waals surface area contributed by atoms with Gasteiger partial charge in [0.2, 0.25) is 0 Å². The van der Waals surface area contributed by atoms with Crippen LogP contribution in [0.3, 0.4) is 0 Å². The van der Waals surface area contributed by atoms with E-state index in [1.54, 1.807) is 0 Å². The van der Waals surface area contributed by atoms with Crippen molar-refractivity contribution in [1.82, 2.24) is 14.5 Å². The molecule has 1 N–H and O–H groups in total. The molecule has 8 rings (SSSR count). The summed E-state index contributed by atoms with van der Waals surface area (Å²) in [4.78, 5) is 10.4. The smallest absolute Gasteiger partial charge is 0.148 e. The average molecular weight is 969 g/mol. The number of pyridine rings is 1. The van der Waals surface area contributed by atoms with Gasteiger partial charge in [-0.1, -0.05) is 145 Å². The maximum Gasteiger partial charge on any atom is 0.148 e. The minimum atomic E-state index is -0.663. The van der Waals surface area contributed by atoms with Crippen molar-refractivity contribution in [3.63, 3.8) is 0 Å². The van der Waals surface area contributed by atoms with Gasteiger partial charge >= 0.3 is 0 Å². The van der Waals surface area contributed by atoms with E-state index in [1.165, 1.54) is 22.3 Å². The van der Waals surface area contributed by atoms with E-state index < -0.39 is 5.89 Å². The van der Waals surface area contributed by atoms with Gasteiger partial charge in [0.1, 0.15) is 11.6 Å². The second kappa shape index (κ2) is 17.2. The predicted octanol–water partition coefficient (Wildman–Crippen LogP) is 14.5. The van der Waals surface area contributed by atoms with Crippen LogP contribution in [0.2, 0.25) is 0 Å². The Labute approximate surface area is 372 Å². The monoisotopic (exact) mass is 968 g/mol. The molecule has 2 aromatic heterocycles. The molecular weight excluding hydrogens is 914 g/mol. The van der Waals surface area contributed by atoms with Gasteiger partial charge in [-0.05, 0) is 112 Å². The third-order valence-corrected chi connectivity index (χ3v) is 11.3. The van der Waals surface area contributed by atoms with E-state index in [9.17, 15) is 5.11 Å². The van der Waals surface area contributed by atoms with Gasteiger partial charge < -0.3 is 5.11 Å². The van der Waals surface area contributed by atoms with E-state index in [-0.39, 0.29) is 32.2 Å². The third kappa shape index (κ3) is 8.54. The molecule has 0 amide bonds. The van der Waals surface area contributed by atoms with E-state index in [4.69, 9.17) is 11.3 Å². The van der Waals surface area contributed by atoms with Gasteiger partial charge in [0, 0.05) is 40.0 Å². The first kappa shape index (κ1) is 41.2. The Balaban J connectivity index is 0.00000561. The van der Waals surface area contributed by atoms with Crippen LogP contribution in [0.15, 0.2) is 134 Å². The molecule has 0 spiro atoms. The van der Waals surface area contributed by atoms with E-state index in [0.29, 0.717) is 17.3 Å². The number of para-hydroxylation sites is 1. The van der Waals surface area contributed by atoms with Crippen LogP contribution in [-0.4, -0.2) is 19.6 Å².